The molecule has 120 valence electrons. The normalized spacial score (nSPS) is 11.7. The molecule has 0 aliphatic carbocycles. The molecule has 0 aliphatic rings. The molecule has 0 atom stereocenters. The van der Waals surface area contributed by atoms with E-state index in [0.29, 0.717) is 0 Å². The van der Waals surface area contributed by atoms with Gasteiger partial charge < -0.3 is 10.6 Å². The summed E-state index contributed by atoms with van der Waals surface area (Å²) in [5, 5.41) is 4.80. The van der Waals surface area contributed by atoms with Crippen molar-refractivity contribution in [1.82, 2.24) is 5.32 Å². The van der Waals surface area contributed by atoms with Gasteiger partial charge >= 0.3 is 6.18 Å². The molecule has 1 aromatic carbocycles. The van der Waals surface area contributed by atoms with Crippen molar-refractivity contribution in [3.05, 3.63) is 42.5 Å². The number of hydrogen-bond donors (Lipinski definition) is 2. The molecule has 0 fully saturated rings. The van der Waals surface area contributed by atoms with E-state index < -0.39 is 29.0 Å². The minimum absolute atomic E-state index is 0.0237. The summed E-state index contributed by atoms with van der Waals surface area (Å²) in [6, 6.07) is 4.22. The Morgan fingerprint density at radius 3 is 2.41 bits per heavy atom. The molecule has 0 saturated carbocycles. The van der Waals surface area contributed by atoms with Crippen LogP contribution >= 0.6 is 0 Å². The summed E-state index contributed by atoms with van der Waals surface area (Å²) < 4.78 is 37.9. The molecule has 0 bridgehead atoms. The monoisotopic (exact) mass is 314 g/mol. The average molecular weight is 314 g/mol. The molecule has 2 N–H and O–H groups in total. The molecule has 4 nitrogen and oxygen atoms in total. The van der Waals surface area contributed by atoms with Crippen LogP contribution in [0.3, 0.4) is 0 Å². The minimum Gasteiger partial charge on any atom is -0.352 e. The van der Waals surface area contributed by atoms with E-state index in [-0.39, 0.29) is 12.2 Å². The van der Waals surface area contributed by atoms with Gasteiger partial charge in [-0.05, 0) is 32.0 Å². The SMILES string of the molecule is C=CCNC(=O)C(C)(C)C(=O)Nc1cccc(C(F)(F)F)c1. The first-order valence-corrected chi connectivity index (χ1v) is 6.47. The van der Waals surface area contributed by atoms with E-state index in [9.17, 15) is 22.8 Å². The highest BCUT2D eigenvalue weighted by Gasteiger charge is 2.36. The third-order valence-electron chi connectivity index (χ3n) is 2.99. The van der Waals surface area contributed by atoms with Gasteiger partial charge in [0.15, 0.2) is 0 Å². The predicted molar refractivity (Wildman–Crippen MR) is 77.1 cm³/mol. The number of anilines is 1. The van der Waals surface area contributed by atoms with Gasteiger partial charge in [0.25, 0.3) is 0 Å². The molecular formula is C15H17F3N2O2. The lowest BCUT2D eigenvalue weighted by Gasteiger charge is -2.22. The number of hydrogen-bond acceptors (Lipinski definition) is 2. The Kier molecular flexibility index (Phi) is 5.35. The summed E-state index contributed by atoms with van der Waals surface area (Å²) in [5.41, 5.74) is -2.33. The smallest absolute Gasteiger partial charge is 0.352 e. The molecule has 7 heteroatoms. The Morgan fingerprint density at radius 1 is 1.23 bits per heavy atom. The second-order valence-electron chi connectivity index (χ2n) is 5.16. The first-order chi connectivity index (χ1) is 10.1. The Bertz CT molecular complexity index is 580. The number of carbonyl (C=O) groups is 2. The van der Waals surface area contributed by atoms with Crippen molar-refractivity contribution in [2.45, 2.75) is 20.0 Å². The fourth-order valence-electron chi connectivity index (χ4n) is 1.55. The number of benzene rings is 1. The fourth-order valence-corrected chi connectivity index (χ4v) is 1.55. The van der Waals surface area contributed by atoms with Crippen LogP contribution in [0.2, 0.25) is 0 Å². The van der Waals surface area contributed by atoms with Crippen LogP contribution in [0.15, 0.2) is 36.9 Å². The highest BCUT2D eigenvalue weighted by atomic mass is 19.4. The van der Waals surface area contributed by atoms with Gasteiger partial charge in [0, 0.05) is 12.2 Å². The summed E-state index contributed by atoms with van der Waals surface area (Å²) in [4.78, 5) is 24.0. The summed E-state index contributed by atoms with van der Waals surface area (Å²) in [5.74, 6) is -1.25. The Labute approximate surface area is 126 Å². The maximum absolute atomic E-state index is 12.6. The molecule has 0 radical (unpaired) electrons. The number of amides is 2. The maximum Gasteiger partial charge on any atom is 0.416 e. The second kappa shape index (κ2) is 6.64. The van der Waals surface area contributed by atoms with Crippen molar-refractivity contribution in [3.8, 4) is 0 Å². The number of halogens is 3. The summed E-state index contributed by atoms with van der Waals surface area (Å²) >= 11 is 0. The van der Waals surface area contributed by atoms with Crippen LogP contribution in [0, 0.1) is 5.41 Å². The van der Waals surface area contributed by atoms with E-state index in [1.54, 1.807) is 0 Å². The second-order valence-corrected chi connectivity index (χ2v) is 5.16. The molecular weight excluding hydrogens is 297 g/mol. The number of nitrogens with one attached hydrogen (secondary N) is 2. The van der Waals surface area contributed by atoms with Gasteiger partial charge in [0.2, 0.25) is 11.8 Å². The van der Waals surface area contributed by atoms with E-state index in [0.717, 1.165) is 12.1 Å². The lowest BCUT2D eigenvalue weighted by Crippen LogP contribution is -2.45. The van der Waals surface area contributed by atoms with Gasteiger partial charge in [-0.1, -0.05) is 12.1 Å². The molecule has 0 saturated heterocycles. The van der Waals surface area contributed by atoms with Crippen LogP contribution < -0.4 is 10.6 Å². The standard InChI is InChI=1S/C15H17F3N2O2/c1-4-8-19-12(21)14(2,3)13(22)20-11-7-5-6-10(9-11)15(16,17)18/h4-7,9H,1,8H2,2-3H3,(H,19,21)(H,20,22). The zero-order valence-electron chi connectivity index (χ0n) is 12.3. The van der Waals surface area contributed by atoms with Crippen LogP contribution in [-0.4, -0.2) is 18.4 Å². The largest absolute Gasteiger partial charge is 0.416 e. The number of carbonyl (C=O) groups excluding carboxylic acids is 2. The lowest BCUT2D eigenvalue weighted by atomic mass is 9.91. The van der Waals surface area contributed by atoms with Crippen molar-refractivity contribution in [2.75, 3.05) is 11.9 Å². The topological polar surface area (TPSA) is 58.2 Å². The Hall–Kier alpha value is -2.31. The molecule has 0 aliphatic heterocycles. The number of rotatable bonds is 5. The molecule has 0 aromatic heterocycles. The van der Waals surface area contributed by atoms with E-state index in [1.807, 2.05) is 0 Å². The molecule has 22 heavy (non-hydrogen) atoms. The Balaban J connectivity index is 2.88. The molecule has 1 aromatic rings. The lowest BCUT2D eigenvalue weighted by molar-refractivity contribution is -0.139. The van der Waals surface area contributed by atoms with E-state index in [1.165, 1.54) is 32.1 Å². The highest BCUT2D eigenvalue weighted by Crippen LogP contribution is 2.31. The summed E-state index contributed by atoms with van der Waals surface area (Å²) in [6.07, 6.45) is -3.05. The van der Waals surface area contributed by atoms with Gasteiger partial charge in [0.05, 0.1) is 5.56 Å². The van der Waals surface area contributed by atoms with Gasteiger partial charge in [-0.25, -0.2) is 0 Å². The van der Waals surface area contributed by atoms with Crippen LogP contribution in [0.1, 0.15) is 19.4 Å². The van der Waals surface area contributed by atoms with Crippen LogP contribution in [0.4, 0.5) is 18.9 Å². The third kappa shape index (κ3) is 4.34. The average Bonchev–Trinajstić information content (AvgIpc) is 2.43. The fraction of sp³-hybridized carbons (Fsp3) is 0.333. The highest BCUT2D eigenvalue weighted by molar-refractivity contribution is 6.09. The molecule has 0 spiro atoms. The van der Waals surface area contributed by atoms with Crippen molar-refractivity contribution in [1.29, 1.82) is 0 Å². The van der Waals surface area contributed by atoms with Gasteiger partial charge in [-0.15, -0.1) is 6.58 Å². The van der Waals surface area contributed by atoms with Gasteiger partial charge in [-0.2, -0.15) is 13.2 Å². The van der Waals surface area contributed by atoms with E-state index in [2.05, 4.69) is 17.2 Å². The van der Waals surface area contributed by atoms with Crippen molar-refractivity contribution in [2.24, 2.45) is 5.41 Å². The predicted octanol–water partition coefficient (Wildman–Crippen LogP) is 2.97. The quantitative estimate of drug-likeness (QED) is 0.648. The van der Waals surface area contributed by atoms with E-state index in [4.69, 9.17) is 0 Å². The number of alkyl halides is 3. The molecule has 2 amide bonds. The van der Waals surface area contributed by atoms with Crippen LogP contribution in [-0.2, 0) is 15.8 Å². The first kappa shape index (κ1) is 17.7. The third-order valence-corrected chi connectivity index (χ3v) is 2.99. The summed E-state index contributed by atoms with van der Waals surface area (Å²) in [7, 11) is 0. The van der Waals surface area contributed by atoms with Crippen molar-refractivity contribution >= 4 is 17.5 Å². The van der Waals surface area contributed by atoms with Crippen LogP contribution in [0.25, 0.3) is 0 Å². The summed E-state index contributed by atoms with van der Waals surface area (Å²) in [6.45, 7) is 6.40. The molecule has 0 heterocycles. The molecule has 1 rings (SSSR count). The van der Waals surface area contributed by atoms with Crippen molar-refractivity contribution in [3.63, 3.8) is 0 Å². The minimum atomic E-state index is -4.50. The van der Waals surface area contributed by atoms with Gasteiger partial charge in [0.1, 0.15) is 5.41 Å². The maximum atomic E-state index is 12.6. The molecule has 0 unspecified atom stereocenters. The Morgan fingerprint density at radius 2 is 1.86 bits per heavy atom. The zero-order chi connectivity index (χ0) is 17.0. The van der Waals surface area contributed by atoms with Gasteiger partial charge in [-0.3, -0.25) is 9.59 Å². The zero-order valence-corrected chi connectivity index (χ0v) is 12.3. The van der Waals surface area contributed by atoms with Crippen LogP contribution in [0.5, 0.6) is 0 Å². The van der Waals surface area contributed by atoms with E-state index >= 15 is 0 Å². The van der Waals surface area contributed by atoms with Crippen molar-refractivity contribution < 1.29 is 22.8 Å². The first-order valence-electron chi connectivity index (χ1n) is 6.47.